The molecule has 0 amide bonds. The number of carbonyl (C=O) groups excluding carboxylic acids is 2. The van der Waals surface area contributed by atoms with Crippen molar-refractivity contribution in [3.8, 4) is 11.3 Å². The van der Waals surface area contributed by atoms with Crippen LogP contribution in [0.5, 0.6) is 0 Å². The summed E-state index contributed by atoms with van der Waals surface area (Å²) in [5.74, 6) is -0.690. The number of hydrogen-bond donors (Lipinski definition) is 1. The van der Waals surface area contributed by atoms with Gasteiger partial charge in [-0.05, 0) is 45.0 Å². The summed E-state index contributed by atoms with van der Waals surface area (Å²) >= 11 is 0. The van der Waals surface area contributed by atoms with Crippen molar-refractivity contribution >= 4 is 23.1 Å². The number of ether oxygens (including phenoxy) is 1. The van der Waals surface area contributed by atoms with E-state index in [1.54, 1.807) is 31.2 Å². The van der Waals surface area contributed by atoms with Crippen molar-refractivity contribution in [2.75, 3.05) is 11.9 Å². The van der Waals surface area contributed by atoms with Crippen molar-refractivity contribution in [2.24, 2.45) is 0 Å². The fourth-order valence-electron chi connectivity index (χ4n) is 3.09. The molecule has 7 heteroatoms. The van der Waals surface area contributed by atoms with Gasteiger partial charge >= 0.3 is 5.97 Å². The van der Waals surface area contributed by atoms with E-state index in [4.69, 9.17) is 4.74 Å². The Morgan fingerprint density at radius 1 is 1.03 bits per heavy atom. The number of ketones is 1. The van der Waals surface area contributed by atoms with Gasteiger partial charge in [-0.15, -0.1) is 0 Å². The molecule has 1 N–H and O–H groups in total. The number of benzene rings is 2. The second-order valence-electron chi connectivity index (χ2n) is 6.56. The molecular weight excluding hydrogens is 382 g/mol. The summed E-state index contributed by atoms with van der Waals surface area (Å²) in [6.45, 7) is 5.61. The minimum atomic E-state index is -0.419. The number of hydrogen-bond acceptors (Lipinski definition) is 6. The molecule has 0 atom stereocenters. The lowest BCUT2D eigenvalue weighted by Crippen LogP contribution is -2.28. The third-order valence-corrected chi connectivity index (χ3v) is 4.52. The van der Waals surface area contributed by atoms with E-state index < -0.39 is 11.5 Å². The van der Waals surface area contributed by atoms with Gasteiger partial charge in [0, 0.05) is 17.8 Å². The zero-order valence-corrected chi connectivity index (χ0v) is 17.1. The summed E-state index contributed by atoms with van der Waals surface area (Å²) in [6, 6.07) is 15.8. The lowest BCUT2D eigenvalue weighted by atomic mass is 10.0. The highest BCUT2D eigenvalue weighted by Gasteiger charge is 2.22. The van der Waals surface area contributed by atoms with Crippen LogP contribution in [0.15, 0.2) is 59.4 Å². The number of nitrogens with zero attached hydrogens (tertiary/aromatic N) is 2. The Bertz CT molecular complexity index is 1120. The second-order valence-corrected chi connectivity index (χ2v) is 6.56. The fourth-order valence-corrected chi connectivity index (χ4v) is 3.09. The standard InChI is InChI=1S/C23H23N3O4/c1-4-26-22(28)21(24-18-13-11-17(12-14-18)23(29)30-5-2)19(15(3)27)20(25-26)16-9-7-6-8-10-16/h6-14,24H,4-5H2,1-3H3. The third-order valence-electron chi connectivity index (χ3n) is 4.52. The first kappa shape index (κ1) is 21.0. The molecule has 0 aliphatic rings. The van der Waals surface area contributed by atoms with Crippen LogP contribution in [-0.4, -0.2) is 28.1 Å². The minimum absolute atomic E-state index is 0.155. The van der Waals surface area contributed by atoms with E-state index in [1.165, 1.54) is 11.6 Å². The van der Waals surface area contributed by atoms with Gasteiger partial charge in [-0.25, -0.2) is 9.48 Å². The normalized spacial score (nSPS) is 10.5. The highest BCUT2D eigenvalue weighted by molar-refractivity contribution is 6.05. The molecule has 0 aliphatic carbocycles. The quantitative estimate of drug-likeness (QED) is 0.471. The Hall–Kier alpha value is -3.74. The SMILES string of the molecule is CCOC(=O)c1ccc(Nc2c(C(C)=O)c(-c3ccccc3)nn(CC)c2=O)cc1. The van der Waals surface area contributed by atoms with Crippen LogP contribution in [0, 0.1) is 0 Å². The van der Waals surface area contributed by atoms with Gasteiger partial charge in [-0.1, -0.05) is 30.3 Å². The number of Topliss-reactive ketones (excluding diaryl/α,β-unsaturated/α-hetero) is 1. The van der Waals surface area contributed by atoms with Crippen molar-refractivity contribution in [1.29, 1.82) is 0 Å². The Kier molecular flexibility index (Phi) is 6.41. The van der Waals surface area contributed by atoms with Gasteiger partial charge in [0.25, 0.3) is 5.56 Å². The first-order valence-electron chi connectivity index (χ1n) is 9.71. The Labute approximate surface area is 174 Å². The van der Waals surface area contributed by atoms with Gasteiger partial charge in [-0.2, -0.15) is 5.10 Å². The van der Waals surface area contributed by atoms with E-state index in [2.05, 4.69) is 10.4 Å². The summed E-state index contributed by atoms with van der Waals surface area (Å²) in [4.78, 5) is 37.4. The number of aromatic nitrogens is 2. The number of nitrogens with one attached hydrogen (secondary N) is 1. The summed E-state index contributed by atoms with van der Waals surface area (Å²) < 4.78 is 6.31. The minimum Gasteiger partial charge on any atom is -0.462 e. The molecule has 154 valence electrons. The zero-order valence-electron chi connectivity index (χ0n) is 17.1. The topological polar surface area (TPSA) is 90.3 Å². The maximum absolute atomic E-state index is 13.0. The summed E-state index contributed by atoms with van der Waals surface area (Å²) in [7, 11) is 0. The first-order chi connectivity index (χ1) is 14.5. The maximum atomic E-state index is 13.0. The summed E-state index contributed by atoms with van der Waals surface area (Å²) in [5, 5.41) is 7.48. The molecule has 0 aliphatic heterocycles. The van der Waals surface area contributed by atoms with E-state index in [0.717, 1.165) is 5.56 Å². The molecule has 30 heavy (non-hydrogen) atoms. The van der Waals surface area contributed by atoms with Crippen LogP contribution in [0.3, 0.4) is 0 Å². The molecule has 0 saturated carbocycles. The van der Waals surface area contributed by atoms with Gasteiger partial charge in [0.15, 0.2) is 5.78 Å². The lowest BCUT2D eigenvalue weighted by Gasteiger charge is -2.16. The summed E-state index contributed by atoms with van der Waals surface area (Å²) in [5.41, 5.74) is 2.14. The second kappa shape index (κ2) is 9.17. The molecule has 0 saturated heterocycles. The fraction of sp³-hybridized carbons (Fsp3) is 0.217. The Balaban J connectivity index is 2.11. The lowest BCUT2D eigenvalue weighted by molar-refractivity contribution is 0.0526. The smallest absolute Gasteiger partial charge is 0.338 e. The van der Waals surface area contributed by atoms with E-state index in [-0.39, 0.29) is 23.6 Å². The van der Waals surface area contributed by atoms with Crippen molar-refractivity contribution in [3.05, 3.63) is 76.1 Å². The molecule has 3 aromatic rings. The van der Waals surface area contributed by atoms with Gasteiger partial charge in [0.2, 0.25) is 0 Å². The predicted octanol–water partition coefficient (Wildman–Crippen LogP) is 4.05. The highest BCUT2D eigenvalue weighted by Crippen LogP contribution is 2.27. The Morgan fingerprint density at radius 3 is 2.27 bits per heavy atom. The van der Waals surface area contributed by atoms with Gasteiger partial charge in [0.05, 0.1) is 17.7 Å². The van der Waals surface area contributed by atoms with Gasteiger partial charge in [-0.3, -0.25) is 9.59 Å². The van der Waals surface area contributed by atoms with Crippen LogP contribution in [0.2, 0.25) is 0 Å². The summed E-state index contributed by atoms with van der Waals surface area (Å²) in [6.07, 6.45) is 0. The third kappa shape index (κ3) is 4.30. The van der Waals surface area contributed by atoms with Gasteiger partial charge in [0.1, 0.15) is 11.4 Å². The number of anilines is 2. The van der Waals surface area contributed by atoms with Crippen LogP contribution in [0.1, 0.15) is 41.5 Å². The molecule has 1 heterocycles. The molecule has 0 bridgehead atoms. The average Bonchev–Trinajstić information content (AvgIpc) is 2.76. The zero-order chi connectivity index (χ0) is 21.7. The van der Waals surface area contributed by atoms with Crippen LogP contribution >= 0.6 is 0 Å². The first-order valence-corrected chi connectivity index (χ1v) is 9.71. The average molecular weight is 405 g/mol. The number of carbonyl (C=O) groups is 2. The molecule has 0 unspecified atom stereocenters. The van der Waals surface area contributed by atoms with Crippen molar-refractivity contribution in [2.45, 2.75) is 27.3 Å². The van der Waals surface area contributed by atoms with Crippen molar-refractivity contribution < 1.29 is 14.3 Å². The molecule has 0 fully saturated rings. The predicted molar refractivity (Wildman–Crippen MR) is 115 cm³/mol. The van der Waals surface area contributed by atoms with Crippen molar-refractivity contribution in [3.63, 3.8) is 0 Å². The van der Waals surface area contributed by atoms with Crippen LogP contribution in [-0.2, 0) is 11.3 Å². The van der Waals surface area contributed by atoms with Crippen LogP contribution < -0.4 is 10.9 Å². The molecule has 7 nitrogen and oxygen atoms in total. The molecule has 1 aromatic heterocycles. The van der Waals surface area contributed by atoms with Crippen molar-refractivity contribution in [1.82, 2.24) is 9.78 Å². The molecule has 0 spiro atoms. The molecular formula is C23H23N3O4. The molecule has 2 aromatic carbocycles. The van der Waals surface area contributed by atoms with E-state index in [9.17, 15) is 14.4 Å². The van der Waals surface area contributed by atoms with E-state index >= 15 is 0 Å². The Morgan fingerprint density at radius 2 is 1.70 bits per heavy atom. The number of rotatable bonds is 7. The molecule has 0 radical (unpaired) electrons. The van der Waals surface area contributed by atoms with E-state index in [1.807, 2.05) is 37.3 Å². The molecule has 3 rings (SSSR count). The van der Waals surface area contributed by atoms with E-state index in [0.29, 0.717) is 23.5 Å². The number of aryl methyl sites for hydroxylation is 1. The van der Waals surface area contributed by atoms with Crippen LogP contribution in [0.25, 0.3) is 11.3 Å². The maximum Gasteiger partial charge on any atom is 0.338 e. The van der Waals surface area contributed by atoms with Crippen LogP contribution in [0.4, 0.5) is 11.4 Å². The number of esters is 1. The highest BCUT2D eigenvalue weighted by atomic mass is 16.5. The largest absolute Gasteiger partial charge is 0.462 e. The monoisotopic (exact) mass is 405 g/mol. The van der Waals surface area contributed by atoms with Gasteiger partial charge < -0.3 is 10.1 Å².